The zero-order valence-corrected chi connectivity index (χ0v) is 21.5. The van der Waals surface area contributed by atoms with Crippen molar-refractivity contribution in [2.45, 2.75) is 25.7 Å². The predicted molar refractivity (Wildman–Crippen MR) is 144 cm³/mol. The number of carbonyl (C=O) groups excluding carboxylic acids is 1. The van der Waals surface area contributed by atoms with Crippen LogP contribution in [0.15, 0.2) is 94.9 Å². The van der Waals surface area contributed by atoms with Crippen LogP contribution in [0, 0.1) is 20.8 Å². The average molecular weight is 501 g/mol. The molecule has 0 aliphatic rings. The third-order valence-electron chi connectivity index (χ3n) is 6.03. The number of nitrogens with one attached hydrogen (secondary N) is 1. The third-order valence-corrected chi connectivity index (χ3v) is 7.83. The molecule has 0 unspecified atom stereocenters. The van der Waals surface area contributed by atoms with E-state index in [0.29, 0.717) is 11.3 Å². The number of sulfonamides is 1. The van der Waals surface area contributed by atoms with E-state index in [9.17, 15) is 13.2 Å². The van der Waals surface area contributed by atoms with E-state index >= 15 is 0 Å². The van der Waals surface area contributed by atoms with Gasteiger partial charge in [0.25, 0.3) is 15.9 Å². The Morgan fingerprint density at radius 2 is 1.56 bits per heavy atom. The van der Waals surface area contributed by atoms with Gasteiger partial charge in [0.1, 0.15) is 0 Å². The van der Waals surface area contributed by atoms with Gasteiger partial charge < -0.3 is 4.57 Å². The van der Waals surface area contributed by atoms with Crippen LogP contribution in [0.5, 0.6) is 0 Å². The summed E-state index contributed by atoms with van der Waals surface area (Å²) in [4.78, 5) is 12.8. The van der Waals surface area contributed by atoms with Gasteiger partial charge in [0.2, 0.25) is 0 Å². The van der Waals surface area contributed by atoms with E-state index < -0.39 is 15.9 Å². The van der Waals surface area contributed by atoms with E-state index in [1.807, 2.05) is 57.2 Å². The summed E-state index contributed by atoms with van der Waals surface area (Å²) >= 11 is 0. The first-order valence-corrected chi connectivity index (χ1v) is 12.9. The normalized spacial score (nSPS) is 11.6. The summed E-state index contributed by atoms with van der Waals surface area (Å²) < 4.78 is 29.1. The van der Waals surface area contributed by atoms with Gasteiger partial charge in [-0.3, -0.25) is 9.10 Å². The Kier molecular flexibility index (Phi) is 7.07. The van der Waals surface area contributed by atoms with Crippen molar-refractivity contribution in [3.8, 4) is 5.69 Å². The zero-order valence-electron chi connectivity index (χ0n) is 20.6. The summed E-state index contributed by atoms with van der Waals surface area (Å²) in [6, 6.07) is 25.1. The van der Waals surface area contributed by atoms with Crippen LogP contribution in [0.4, 0.5) is 5.69 Å². The average Bonchev–Trinajstić information content (AvgIpc) is 3.17. The Morgan fingerprint density at radius 3 is 2.19 bits per heavy atom. The Labute approximate surface area is 211 Å². The molecule has 0 fully saturated rings. The van der Waals surface area contributed by atoms with Gasteiger partial charge in [-0.1, -0.05) is 35.9 Å². The molecule has 1 N–H and O–H groups in total. The number of carbonyl (C=O) groups is 1. The summed E-state index contributed by atoms with van der Waals surface area (Å²) in [5.41, 5.74) is 8.37. The Hall–Kier alpha value is -4.17. The summed E-state index contributed by atoms with van der Waals surface area (Å²) in [6.07, 6.45) is 1.62. The number of para-hydroxylation sites is 1. The second kappa shape index (κ2) is 10.2. The van der Waals surface area contributed by atoms with Crippen LogP contribution < -0.4 is 9.73 Å². The number of hydrazone groups is 1. The molecule has 0 aliphatic carbocycles. The van der Waals surface area contributed by atoms with E-state index in [2.05, 4.69) is 15.1 Å². The minimum atomic E-state index is -3.71. The van der Waals surface area contributed by atoms with Gasteiger partial charge in [-0.05, 0) is 75.4 Å². The first-order chi connectivity index (χ1) is 17.2. The number of anilines is 1. The van der Waals surface area contributed by atoms with Crippen LogP contribution in [0.2, 0.25) is 0 Å². The fraction of sp³-hybridized carbons (Fsp3) is 0.143. The van der Waals surface area contributed by atoms with Crippen LogP contribution in [0.25, 0.3) is 5.69 Å². The Morgan fingerprint density at radius 1 is 0.917 bits per heavy atom. The lowest BCUT2D eigenvalue weighted by molar-refractivity contribution is 0.0955. The van der Waals surface area contributed by atoms with Crippen LogP contribution >= 0.6 is 0 Å². The standard InChI is InChI=1S/C28H28N4O3S/c1-20-10-16-27(17-11-20)36(34,35)31(4)25-14-12-23(13-15-25)28(33)30-29-19-24-18-21(2)32(22(24)3)26-8-6-5-7-9-26/h5-19H,1-4H3,(H,30,33)/b29-19-. The van der Waals surface area contributed by atoms with Crippen LogP contribution in [0.1, 0.15) is 32.9 Å². The lowest BCUT2D eigenvalue weighted by Crippen LogP contribution is -2.26. The maximum atomic E-state index is 12.9. The first-order valence-electron chi connectivity index (χ1n) is 11.4. The van der Waals surface area contributed by atoms with Crippen molar-refractivity contribution < 1.29 is 13.2 Å². The zero-order chi connectivity index (χ0) is 25.9. The topological polar surface area (TPSA) is 83.8 Å². The molecule has 0 spiro atoms. The van der Waals surface area contributed by atoms with Crippen molar-refractivity contribution in [2.24, 2.45) is 5.10 Å². The van der Waals surface area contributed by atoms with Gasteiger partial charge in [0.15, 0.2) is 0 Å². The molecule has 1 heterocycles. The summed E-state index contributed by atoms with van der Waals surface area (Å²) in [6.45, 7) is 5.92. The molecular weight excluding hydrogens is 472 g/mol. The SMILES string of the molecule is Cc1ccc(S(=O)(=O)N(C)c2ccc(C(=O)N/N=C\c3cc(C)n(-c4ccccc4)c3C)cc2)cc1. The van der Waals surface area contributed by atoms with Crippen molar-refractivity contribution in [1.82, 2.24) is 9.99 Å². The highest BCUT2D eigenvalue weighted by molar-refractivity contribution is 7.92. The fourth-order valence-electron chi connectivity index (χ4n) is 3.95. The molecule has 0 saturated heterocycles. The summed E-state index contributed by atoms with van der Waals surface area (Å²) in [5.74, 6) is -0.390. The van der Waals surface area contributed by atoms with E-state index in [4.69, 9.17) is 0 Å². The molecule has 0 radical (unpaired) electrons. The number of hydrogen-bond acceptors (Lipinski definition) is 4. The van der Waals surface area contributed by atoms with Crippen molar-refractivity contribution in [3.05, 3.63) is 113 Å². The molecule has 0 bridgehead atoms. The Balaban J connectivity index is 1.44. The van der Waals surface area contributed by atoms with Gasteiger partial charge in [-0.15, -0.1) is 0 Å². The van der Waals surface area contributed by atoms with Gasteiger partial charge >= 0.3 is 0 Å². The van der Waals surface area contributed by atoms with Crippen molar-refractivity contribution in [3.63, 3.8) is 0 Å². The monoisotopic (exact) mass is 500 g/mol. The third kappa shape index (κ3) is 5.08. The van der Waals surface area contributed by atoms with Crippen molar-refractivity contribution in [1.29, 1.82) is 0 Å². The molecule has 4 aromatic rings. The molecule has 8 heteroatoms. The molecule has 184 valence electrons. The van der Waals surface area contributed by atoms with Gasteiger partial charge in [-0.25, -0.2) is 13.8 Å². The van der Waals surface area contributed by atoms with Crippen molar-refractivity contribution >= 4 is 27.8 Å². The lowest BCUT2D eigenvalue weighted by Gasteiger charge is -2.19. The number of hydrogen-bond donors (Lipinski definition) is 1. The highest BCUT2D eigenvalue weighted by Crippen LogP contribution is 2.23. The molecule has 0 saturated carbocycles. The number of amides is 1. The summed E-state index contributed by atoms with van der Waals surface area (Å²) in [7, 11) is -2.22. The van der Waals surface area contributed by atoms with Crippen LogP contribution in [-0.2, 0) is 10.0 Å². The molecule has 1 amide bonds. The second-order valence-corrected chi connectivity index (χ2v) is 10.5. The van der Waals surface area contributed by atoms with Crippen molar-refractivity contribution in [2.75, 3.05) is 11.4 Å². The van der Waals surface area contributed by atoms with Crippen LogP contribution in [0.3, 0.4) is 0 Å². The first kappa shape index (κ1) is 24.9. The van der Waals surface area contributed by atoms with Gasteiger partial charge in [0, 0.05) is 35.2 Å². The highest BCUT2D eigenvalue weighted by atomic mass is 32.2. The number of aromatic nitrogens is 1. The second-order valence-electron chi connectivity index (χ2n) is 8.53. The molecular formula is C28H28N4O3S. The predicted octanol–water partition coefficient (Wildman–Crippen LogP) is 4.99. The molecule has 7 nitrogen and oxygen atoms in total. The van der Waals surface area contributed by atoms with E-state index in [1.54, 1.807) is 54.7 Å². The number of nitrogens with zero attached hydrogens (tertiary/aromatic N) is 3. The van der Waals surface area contributed by atoms with E-state index in [0.717, 1.165) is 28.2 Å². The molecule has 0 atom stereocenters. The fourth-order valence-corrected chi connectivity index (χ4v) is 5.14. The number of rotatable bonds is 7. The maximum Gasteiger partial charge on any atom is 0.271 e. The van der Waals surface area contributed by atoms with E-state index in [1.165, 1.54) is 11.4 Å². The molecule has 36 heavy (non-hydrogen) atoms. The maximum absolute atomic E-state index is 12.9. The molecule has 0 aliphatic heterocycles. The minimum absolute atomic E-state index is 0.207. The van der Waals surface area contributed by atoms with Gasteiger partial charge in [-0.2, -0.15) is 5.10 Å². The molecule has 1 aromatic heterocycles. The highest BCUT2D eigenvalue weighted by Gasteiger charge is 2.21. The number of aryl methyl sites for hydroxylation is 2. The largest absolute Gasteiger partial charge is 0.318 e. The van der Waals surface area contributed by atoms with Crippen LogP contribution in [-0.4, -0.2) is 32.2 Å². The molecule has 3 aromatic carbocycles. The smallest absolute Gasteiger partial charge is 0.271 e. The van der Waals surface area contributed by atoms with Gasteiger partial charge in [0.05, 0.1) is 16.8 Å². The number of benzene rings is 3. The quantitative estimate of drug-likeness (QED) is 0.287. The van der Waals surface area contributed by atoms with E-state index in [-0.39, 0.29) is 4.90 Å². The summed E-state index contributed by atoms with van der Waals surface area (Å²) in [5, 5.41) is 4.13. The molecule has 4 rings (SSSR count). The lowest BCUT2D eigenvalue weighted by atomic mass is 10.2. The Bertz CT molecular complexity index is 1510. The minimum Gasteiger partial charge on any atom is -0.318 e.